The van der Waals surface area contributed by atoms with Gasteiger partial charge in [0.25, 0.3) is 0 Å². The number of aryl methyl sites for hydroxylation is 1. The van der Waals surface area contributed by atoms with Crippen LogP contribution < -0.4 is 0 Å². The lowest BCUT2D eigenvalue weighted by atomic mass is 9.77. The number of hydrogen-bond donors (Lipinski definition) is 0. The zero-order valence-electron chi connectivity index (χ0n) is 9.78. The monoisotopic (exact) mass is 202 g/mol. The fourth-order valence-electron chi connectivity index (χ4n) is 2.82. The minimum atomic E-state index is 0.961. The van der Waals surface area contributed by atoms with Crippen molar-refractivity contribution in [1.29, 1.82) is 0 Å². The van der Waals surface area contributed by atoms with E-state index in [4.69, 9.17) is 0 Å². The van der Waals surface area contributed by atoms with Crippen LogP contribution >= 0.6 is 0 Å². The molecule has 1 aromatic rings. The summed E-state index contributed by atoms with van der Waals surface area (Å²) in [6.45, 7) is 2.44. The molecule has 0 aromatic heterocycles. The summed E-state index contributed by atoms with van der Waals surface area (Å²) in [5.41, 5.74) is 1.51. The Morgan fingerprint density at radius 3 is 2.53 bits per heavy atom. The molecule has 2 atom stereocenters. The molecule has 1 aliphatic rings. The van der Waals surface area contributed by atoms with E-state index in [0.717, 1.165) is 11.8 Å². The Labute approximate surface area is 93.7 Å². The normalized spacial score (nSPS) is 26.5. The molecule has 0 bridgehead atoms. The van der Waals surface area contributed by atoms with Crippen molar-refractivity contribution in [1.82, 2.24) is 0 Å². The van der Waals surface area contributed by atoms with Gasteiger partial charge in [-0.3, -0.25) is 0 Å². The van der Waals surface area contributed by atoms with Crippen LogP contribution in [0.4, 0.5) is 0 Å². The summed E-state index contributed by atoms with van der Waals surface area (Å²) in [6.07, 6.45) is 8.52. The van der Waals surface area contributed by atoms with Crippen molar-refractivity contribution in [2.45, 2.75) is 45.4 Å². The van der Waals surface area contributed by atoms with E-state index in [9.17, 15) is 0 Å². The van der Waals surface area contributed by atoms with Crippen LogP contribution in [0.3, 0.4) is 0 Å². The molecule has 0 spiro atoms. The minimum absolute atomic E-state index is 0.961. The number of rotatable bonds is 3. The number of hydrogen-bond acceptors (Lipinski definition) is 0. The van der Waals surface area contributed by atoms with Crippen LogP contribution in [-0.4, -0.2) is 0 Å². The highest BCUT2D eigenvalue weighted by Crippen LogP contribution is 2.32. The molecule has 82 valence electrons. The van der Waals surface area contributed by atoms with Gasteiger partial charge in [0.2, 0.25) is 0 Å². The summed E-state index contributed by atoms with van der Waals surface area (Å²) in [5, 5.41) is 0. The van der Waals surface area contributed by atoms with Crippen LogP contribution in [0.15, 0.2) is 30.3 Å². The molecule has 1 aromatic carbocycles. The second-order valence-corrected chi connectivity index (χ2v) is 5.05. The first-order chi connectivity index (χ1) is 7.36. The molecule has 0 amide bonds. The summed E-state index contributed by atoms with van der Waals surface area (Å²) >= 11 is 0. The highest BCUT2D eigenvalue weighted by molar-refractivity contribution is 5.14. The maximum atomic E-state index is 2.44. The van der Waals surface area contributed by atoms with Gasteiger partial charge in [0, 0.05) is 0 Å². The van der Waals surface area contributed by atoms with E-state index in [1.54, 1.807) is 0 Å². The summed E-state index contributed by atoms with van der Waals surface area (Å²) in [5.74, 6) is 1.95. The van der Waals surface area contributed by atoms with Gasteiger partial charge in [-0.1, -0.05) is 62.9 Å². The van der Waals surface area contributed by atoms with E-state index >= 15 is 0 Å². The summed E-state index contributed by atoms with van der Waals surface area (Å²) < 4.78 is 0. The van der Waals surface area contributed by atoms with Gasteiger partial charge in [-0.25, -0.2) is 0 Å². The third-order valence-corrected chi connectivity index (χ3v) is 3.94. The standard InChI is InChI=1S/C15H22/c1-13-7-5-6-10-15(13)12-11-14-8-3-2-4-9-14/h2-4,8-9,13,15H,5-7,10-12H2,1H3. The van der Waals surface area contributed by atoms with Crippen LogP contribution in [0.25, 0.3) is 0 Å². The van der Waals surface area contributed by atoms with Gasteiger partial charge in [-0.2, -0.15) is 0 Å². The molecule has 1 fully saturated rings. The van der Waals surface area contributed by atoms with E-state index in [1.807, 2.05) is 0 Å². The van der Waals surface area contributed by atoms with Crippen LogP contribution in [0.5, 0.6) is 0 Å². The van der Waals surface area contributed by atoms with Crippen LogP contribution in [0.1, 0.15) is 44.6 Å². The molecule has 0 aliphatic heterocycles. The third kappa shape index (κ3) is 3.09. The molecule has 0 saturated heterocycles. The number of benzene rings is 1. The van der Waals surface area contributed by atoms with Gasteiger partial charge in [0.05, 0.1) is 0 Å². The summed E-state index contributed by atoms with van der Waals surface area (Å²) in [6, 6.07) is 10.9. The first-order valence-electron chi connectivity index (χ1n) is 6.40. The van der Waals surface area contributed by atoms with Gasteiger partial charge < -0.3 is 0 Å². The second-order valence-electron chi connectivity index (χ2n) is 5.05. The first kappa shape index (κ1) is 10.7. The van der Waals surface area contributed by atoms with Crippen molar-refractivity contribution in [3.63, 3.8) is 0 Å². The maximum absolute atomic E-state index is 2.44. The second kappa shape index (κ2) is 5.34. The van der Waals surface area contributed by atoms with Gasteiger partial charge in [-0.15, -0.1) is 0 Å². The zero-order valence-corrected chi connectivity index (χ0v) is 9.78. The van der Waals surface area contributed by atoms with Gasteiger partial charge in [-0.05, 0) is 30.2 Å². The Hall–Kier alpha value is -0.780. The average Bonchev–Trinajstić information content (AvgIpc) is 2.29. The first-order valence-corrected chi connectivity index (χ1v) is 6.40. The molecule has 0 radical (unpaired) electrons. The Balaban J connectivity index is 1.82. The van der Waals surface area contributed by atoms with Crippen LogP contribution in [-0.2, 0) is 6.42 Å². The molecule has 0 nitrogen and oxygen atoms in total. The van der Waals surface area contributed by atoms with Gasteiger partial charge in [0.15, 0.2) is 0 Å². The Morgan fingerprint density at radius 1 is 1.07 bits per heavy atom. The summed E-state index contributed by atoms with van der Waals surface area (Å²) in [4.78, 5) is 0. The molecule has 0 heteroatoms. The summed E-state index contributed by atoms with van der Waals surface area (Å²) in [7, 11) is 0. The largest absolute Gasteiger partial charge is 0.0622 e. The fourth-order valence-corrected chi connectivity index (χ4v) is 2.82. The van der Waals surface area contributed by atoms with Crippen LogP contribution in [0, 0.1) is 11.8 Å². The van der Waals surface area contributed by atoms with Crippen molar-refractivity contribution >= 4 is 0 Å². The van der Waals surface area contributed by atoms with E-state index in [-0.39, 0.29) is 0 Å². The smallest absolute Gasteiger partial charge is 0.0276 e. The molecular weight excluding hydrogens is 180 g/mol. The SMILES string of the molecule is CC1CCCCC1CCc1ccccc1. The third-order valence-electron chi connectivity index (χ3n) is 3.94. The molecule has 0 heterocycles. The molecule has 1 aliphatic carbocycles. The van der Waals surface area contributed by atoms with Gasteiger partial charge >= 0.3 is 0 Å². The van der Waals surface area contributed by atoms with E-state index in [2.05, 4.69) is 37.3 Å². The van der Waals surface area contributed by atoms with Crippen LogP contribution in [0.2, 0.25) is 0 Å². The molecular formula is C15H22. The van der Waals surface area contributed by atoms with Crippen molar-refractivity contribution in [3.05, 3.63) is 35.9 Å². The quantitative estimate of drug-likeness (QED) is 0.679. The maximum Gasteiger partial charge on any atom is -0.0276 e. The average molecular weight is 202 g/mol. The zero-order chi connectivity index (χ0) is 10.5. The molecule has 15 heavy (non-hydrogen) atoms. The Kier molecular flexibility index (Phi) is 3.82. The van der Waals surface area contributed by atoms with E-state index in [1.165, 1.54) is 44.1 Å². The topological polar surface area (TPSA) is 0 Å². The van der Waals surface area contributed by atoms with Crippen molar-refractivity contribution < 1.29 is 0 Å². The molecule has 0 N–H and O–H groups in total. The predicted octanol–water partition coefficient (Wildman–Crippen LogP) is 4.45. The Bertz CT molecular complexity index is 275. The van der Waals surface area contributed by atoms with Crippen molar-refractivity contribution in [2.24, 2.45) is 11.8 Å². The predicted molar refractivity (Wildman–Crippen MR) is 65.9 cm³/mol. The lowest BCUT2D eigenvalue weighted by Gasteiger charge is -2.28. The van der Waals surface area contributed by atoms with Crippen molar-refractivity contribution in [2.75, 3.05) is 0 Å². The van der Waals surface area contributed by atoms with Crippen molar-refractivity contribution in [3.8, 4) is 0 Å². The van der Waals surface area contributed by atoms with E-state index in [0.29, 0.717) is 0 Å². The molecule has 1 saturated carbocycles. The fraction of sp³-hybridized carbons (Fsp3) is 0.600. The minimum Gasteiger partial charge on any atom is -0.0622 e. The lowest BCUT2D eigenvalue weighted by Crippen LogP contribution is -2.17. The molecule has 2 rings (SSSR count). The lowest BCUT2D eigenvalue weighted by molar-refractivity contribution is 0.242. The van der Waals surface area contributed by atoms with E-state index < -0.39 is 0 Å². The highest BCUT2D eigenvalue weighted by Gasteiger charge is 2.20. The molecule has 2 unspecified atom stereocenters. The van der Waals surface area contributed by atoms with Gasteiger partial charge in [0.1, 0.15) is 0 Å². The Morgan fingerprint density at radius 2 is 1.80 bits per heavy atom. The highest BCUT2D eigenvalue weighted by atomic mass is 14.3.